The highest BCUT2D eigenvalue weighted by molar-refractivity contribution is 6.95. The predicted octanol–water partition coefficient (Wildman–Crippen LogP) is 5.28. The van der Waals surface area contributed by atoms with E-state index < -0.39 is 8.07 Å². The van der Waals surface area contributed by atoms with Gasteiger partial charge in [-0.3, -0.25) is 5.10 Å². The van der Waals surface area contributed by atoms with Gasteiger partial charge in [0.2, 0.25) is 0 Å². The summed E-state index contributed by atoms with van der Waals surface area (Å²) in [6, 6.07) is 8.38. The molecular formula is C20H32N2OSi. The molecule has 1 N–H and O–H groups in total. The Hall–Kier alpha value is -1.55. The Morgan fingerprint density at radius 3 is 1.83 bits per heavy atom. The van der Waals surface area contributed by atoms with E-state index in [0.29, 0.717) is 16.6 Å². The van der Waals surface area contributed by atoms with Gasteiger partial charge in [0.15, 0.2) is 0 Å². The highest BCUT2D eigenvalue weighted by Gasteiger charge is 2.48. The molecule has 0 unspecified atom stereocenters. The van der Waals surface area contributed by atoms with Crippen molar-refractivity contribution in [3.8, 4) is 16.9 Å². The van der Waals surface area contributed by atoms with Gasteiger partial charge >= 0.3 is 0 Å². The molecule has 1 aromatic heterocycles. The lowest BCUT2D eigenvalue weighted by Gasteiger charge is -2.42. The van der Waals surface area contributed by atoms with Crippen LogP contribution < -0.4 is 10.1 Å². The van der Waals surface area contributed by atoms with Gasteiger partial charge < -0.3 is 4.74 Å². The van der Waals surface area contributed by atoms with E-state index >= 15 is 0 Å². The summed E-state index contributed by atoms with van der Waals surface area (Å²) in [6.45, 7) is 16.4. The maximum absolute atomic E-state index is 5.31. The zero-order valence-electron chi connectivity index (χ0n) is 16.4. The second-order valence-electron chi connectivity index (χ2n) is 7.70. The Morgan fingerprint density at radius 1 is 0.917 bits per heavy atom. The number of hydrogen-bond donors (Lipinski definition) is 1. The lowest BCUT2D eigenvalue weighted by molar-refractivity contribution is 0.415. The lowest BCUT2D eigenvalue weighted by atomic mass is 10.1. The highest BCUT2D eigenvalue weighted by atomic mass is 28.3. The van der Waals surface area contributed by atoms with E-state index in [1.54, 1.807) is 7.11 Å². The Labute approximate surface area is 147 Å². The summed E-state index contributed by atoms with van der Waals surface area (Å²) in [5.74, 6) is 0.890. The summed E-state index contributed by atoms with van der Waals surface area (Å²) >= 11 is 0. The van der Waals surface area contributed by atoms with Crippen LogP contribution in [0, 0.1) is 6.92 Å². The number of ether oxygens (including phenoxy) is 1. The Balaban J connectivity index is 2.70. The van der Waals surface area contributed by atoms with E-state index in [-0.39, 0.29) is 0 Å². The molecule has 0 spiro atoms. The van der Waals surface area contributed by atoms with Crippen LogP contribution in [0.1, 0.15) is 47.2 Å². The van der Waals surface area contributed by atoms with Crippen molar-refractivity contribution >= 4 is 13.4 Å². The normalized spacial score (nSPS) is 12.5. The quantitative estimate of drug-likeness (QED) is 0.724. The van der Waals surface area contributed by atoms with Gasteiger partial charge in [-0.05, 0) is 41.2 Å². The van der Waals surface area contributed by atoms with Gasteiger partial charge in [-0.25, -0.2) is 0 Å². The number of nitrogens with one attached hydrogen (secondary N) is 1. The second-order valence-corrected chi connectivity index (χ2v) is 13.5. The fraction of sp³-hybridized carbons (Fsp3) is 0.550. The number of aryl methyl sites for hydroxylation is 1. The van der Waals surface area contributed by atoms with Crippen LogP contribution in [0.2, 0.25) is 16.6 Å². The third-order valence-electron chi connectivity index (χ3n) is 5.60. The third kappa shape index (κ3) is 2.92. The van der Waals surface area contributed by atoms with Crippen molar-refractivity contribution in [2.75, 3.05) is 7.11 Å². The van der Waals surface area contributed by atoms with Crippen molar-refractivity contribution in [3.63, 3.8) is 0 Å². The van der Waals surface area contributed by atoms with Crippen LogP contribution in [-0.4, -0.2) is 25.4 Å². The molecule has 0 amide bonds. The third-order valence-corrected chi connectivity index (χ3v) is 12.5. The van der Waals surface area contributed by atoms with E-state index in [1.165, 1.54) is 16.4 Å². The van der Waals surface area contributed by atoms with Crippen LogP contribution >= 0.6 is 0 Å². The van der Waals surface area contributed by atoms with Crippen LogP contribution in [0.25, 0.3) is 11.1 Å². The van der Waals surface area contributed by atoms with Crippen molar-refractivity contribution in [3.05, 3.63) is 30.0 Å². The number of aromatic nitrogens is 2. The van der Waals surface area contributed by atoms with Crippen molar-refractivity contribution in [2.24, 2.45) is 0 Å². The van der Waals surface area contributed by atoms with E-state index in [2.05, 4.69) is 65.7 Å². The molecule has 0 bridgehead atoms. The zero-order chi connectivity index (χ0) is 18.1. The molecule has 0 atom stereocenters. The molecule has 132 valence electrons. The van der Waals surface area contributed by atoms with Gasteiger partial charge in [-0.1, -0.05) is 53.7 Å². The number of hydrogen-bond acceptors (Lipinski definition) is 2. The van der Waals surface area contributed by atoms with Gasteiger partial charge in [0.25, 0.3) is 0 Å². The average Bonchev–Trinajstić information content (AvgIpc) is 2.89. The van der Waals surface area contributed by atoms with Gasteiger partial charge in [-0.15, -0.1) is 0 Å². The molecule has 4 heteroatoms. The van der Waals surface area contributed by atoms with E-state index in [9.17, 15) is 0 Å². The van der Waals surface area contributed by atoms with Gasteiger partial charge in [0, 0.05) is 11.3 Å². The first kappa shape index (κ1) is 18.8. The van der Waals surface area contributed by atoms with Crippen LogP contribution in [-0.2, 0) is 0 Å². The van der Waals surface area contributed by atoms with Crippen LogP contribution in [0.5, 0.6) is 5.75 Å². The van der Waals surface area contributed by atoms with Crippen molar-refractivity contribution in [1.29, 1.82) is 0 Å². The Bertz CT molecular complexity index is 650. The van der Waals surface area contributed by atoms with Gasteiger partial charge in [-0.2, -0.15) is 5.10 Å². The maximum Gasteiger partial charge on any atom is 0.121 e. The molecule has 0 saturated heterocycles. The van der Waals surface area contributed by atoms with Crippen LogP contribution in [0.3, 0.4) is 0 Å². The van der Waals surface area contributed by atoms with Gasteiger partial charge in [0.05, 0.1) is 12.4 Å². The molecule has 0 aliphatic rings. The van der Waals surface area contributed by atoms with Crippen molar-refractivity contribution < 1.29 is 4.74 Å². The summed E-state index contributed by atoms with van der Waals surface area (Å²) in [5, 5.41) is 9.50. The molecular weight excluding hydrogens is 312 g/mol. The number of rotatable bonds is 6. The smallest absolute Gasteiger partial charge is 0.121 e. The summed E-state index contributed by atoms with van der Waals surface area (Å²) in [6.07, 6.45) is 0. The topological polar surface area (TPSA) is 37.9 Å². The minimum atomic E-state index is -1.81. The summed E-state index contributed by atoms with van der Waals surface area (Å²) in [7, 11) is -0.0996. The van der Waals surface area contributed by atoms with E-state index in [4.69, 9.17) is 9.84 Å². The van der Waals surface area contributed by atoms with Crippen molar-refractivity contribution in [2.45, 2.75) is 65.1 Å². The van der Waals surface area contributed by atoms with Crippen molar-refractivity contribution in [1.82, 2.24) is 10.2 Å². The first-order valence-corrected chi connectivity index (χ1v) is 11.2. The number of nitrogens with zero attached hydrogens (tertiary/aromatic N) is 1. The number of methoxy groups -OCH3 is 1. The molecule has 24 heavy (non-hydrogen) atoms. The Morgan fingerprint density at radius 2 is 1.42 bits per heavy atom. The number of H-pyrrole nitrogens is 1. The molecule has 0 aliphatic heterocycles. The largest absolute Gasteiger partial charge is 0.497 e. The second kappa shape index (κ2) is 7.14. The molecule has 1 aromatic carbocycles. The predicted molar refractivity (Wildman–Crippen MR) is 106 cm³/mol. The summed E-state index contributed by atoms with van der Waals surface area (Å²) in [4.78, 5) is 0. The molecule has 1 heterocycles. The molecule has 3 nitrogen and oxygen atoms in total. The highest BCUT2D eigenvalue weighted by Crippen LogP contribution is 2.42. The lowest BCUT2D eigenvalue weighted by Crippen LogP contribution is -2.57. The maximum atomic E-state index is 5.31. The minimum Gasteiger partial charge on any atom is -0.497 e. The standard InChI is InChI=1S/C20H32N2OSi/c1-13(2)24(14(3)4,15(5)6)20-19(16(7)21-22-20)17-9-11-18(23-8)12-10-17/h9-15H,1-8H3,(H,21,22). The number of aromatic amines is 1. The Kier molecular flexibility index (Phi) is 5.58. The molecule has 0 saturated carbocycles. The van der Waals surface area contributed by atoms with E-state index in [1.807, 2.05) is 12.1 Å². The fourth-order valence-electron chi connectivity index (χ4n) is 4.67. The molecule has 2 rings (SSSR count). The number of benzene rings is 1. The summed E-state index contributed by atoms with van der Waals surface area (Å²) in [5.41, 5.74) is 5.61. The summed E-state index contributed by atoms with van der Waals surface area (Å²) < 4.78 is 5.31. The molecule has 0 radical (unpaired) electrons. The molecule has 0 fully saturated rings. The first-order valence-electron chi connectivity index (χ1n) is 8.96. The molecule has 0 aliphatic carbocycles. The molecule has 2 aromatic rings. The average molecular weight is 345 g/mol. The first-order chi connectivity index (χ1) is 11.3. The van der Waals surface area contributed by atoms with Gasteiger partial charge in [0.1, 0.15) is 13.8 Å². The van der Waals surface area contributed by atoms with Crippen LogP contribution in [0.4, 0.5) is 0 Å². The monoisotopic (exact) mass is 344 g/mol. The fourth-order valence-corrected chi connectivity index (χ4v) is 11.3. The van der Waals surface area contributed by atoms with Crippen LogP contribution in [0.15, 0.2) is 24.3 Å². The van der Waals surface area contributed by atoms with E-state index in [0.717, 1.165) is 11.4 Å². The zero-order valence-corrected chi connectivity index (χ0v) is 17.4. The SMILES string of the molecule is COc1ccc(-c2c([Si](C(C)C)(C(C)C)C(C)C)n[nH]c2C)cc1. The minimum absolute atomic E-state index is 0.636.